The van der Waals surface area contributed by atoms with Crippen molar-refractivity contribution in [3.63, 3.8) is 0 Å². The number of rotatable bonds is 6. The van der Waals surface area contributed by atoms with Crippen molar-refractivity contribution in [2.24, 2.45) is 5.92 Å². The molecule has 1 aliphatic rings. The Morgan fingerprint density at radius 2 is 2.25 bits per heavy atom. The molecular formula is C16H24ClNO2. The number of piperidine rings is 1. The third-order valence-corrected chi connectivity index (χ3v) is 3.48. The van der Waals surface area contributed by atoms with E-state index in [2.05, 4.69) is 18.0 Å². The molecule has 1 aromatic carbocycles. The normalized spacial score (nSPS) is 17.9. The van der Waals surface area contributed by atoms with E-state index in [9.17, 15) is 0 Å². The summed E-state index contributed by atoms with van der Waals surface area (Å²) in [4.78, 5) is 0. The Morgan fingerprint density at radius 3 is 2.90 bits per heavy atom. The molecule has 0 aromatic heterocycles. The molecule has 3 nitrogen and oxygen atoms in total. The van der Waals surface area contributed by atoms with Gasteiger partial charge in [0.15, 0.2) is 11.5 Å². The van der Waals surface area contributed by atoms with E-state index in [1.165, 1.54) is 18.4 Å². The van der Waals surface area contributed by atoms with Gasteiger partial charge < -0.3 is 14.8 Å². The van der Waals surface area contributed by atoms with Crippen molar-refractivity contribution >= 4 is 12.4 Å². The van der Waals surface area contributed by atoms with E-state index in [1.54, 1.807) is 7.11 Å². The quantitative estimate of drug-likeness (QED) is 0.818. The van der Waals surface area contributed by atoms with Crippen LogP contribution >= 0.6 is 12.4 Å². The molecule has 1 fully saturated rings. The summed E-state index contributed by atoms with van der Waals surface area (Å²) in [6, 6.07) is 6.09. The second kappa shape index (κ2) is 8.88. The van der Waals surface area contributed by atoms with Crippen LogP contribution in [0.4, 0.5) is 0 Å². The lowest BCUT2D eigenvalue weighted by Gasteiger charge is -2.23. The molecule has 0 radical (unpaired) electrons. The number of methoxy groups -OCH3 is 1. The summed E-state index contributed by atoms with van der Waals surface area (Å²) in [6.07, 6.45) is 5.22. The molecule has 4 heteroatoms. The van der Waals surface area contributed by atoms with Gasteiger partial charge in [-0.05, 0) is 43.5 Å². The minimum absolute atomic E-state index is 0. The van der Waals surface area contributed by atoms with Gasteiger partial charge in [0.1, 0.15) is 0 Å². The smallest absolute Gasteiger partial charge is 0.161 e. The van der Waals surface area contributed by atoms with Crippen molar-refractivity contribution in [3.8, 4) is 11.5 Å². The number of halogens is 1. The third-order valence-electron chi connectivity index (χ3n) is 3.48. The van der Waals surface area contributed by atoms with Crippen LogP contribution in [0.25, 0.3) is 0 Å². The molecule has 1 unspecified atom stereocenters. The fourth-order valence-corrected chi connectivity index (χ4v) is 2.40. The first-order valence-corrected chi connectivity index (χ1v) is 6.95. The molecule has 1 N–H and O–H groups in total. The number of ether oxygens (including phenoxy) is 2. The Labute approximate surface area is 127 Å². The van der Waals surface area contributed by atoms with Gasteiger partial charge >= 0.3 is 0 Å². The van der Waals surface area contributed by atoms with Gasteiger partial charge in [-0.15, -0.1) is 19.0 Å². The van der Waals surface area contributed by atoms with Gasteiger partial charge in [-0.3, -0.25) is 0 Å². The average Bonchev–Trinajstić information content (AvgIpc) is 2.47. The van der Waals surface area contributed by atoms with Crippen molar-refractivity contribution in [3.05, 3.63) is 36.4 Å². The van der Waals surface area contributed by atoms with Crippen molar-refractivity contribution in [1.29, 1.82) is 0 Å². The zero-order chi connectivity index (χ0) is 13.5. The molecule has 0 saturated carbocycles. The van der Waals surface area contributed by atoms with Crippen LogP contribution in [-0.4, -0.2) is 26.8 Å². The largest absolute Gasteiger partial charge is 0.493 e. The second-order valence-corrected chi connectivity index (χ2v) is 5.00. The van der Waals surface area contributed by atoms with Gasteiger partial charge in [-0.1, -0.05) is 12.1 Å². The number of hydrogen-bond donors (Lipinski definition) is 1. The van der Waals surface area contributed by atoms with Gasteiger partial charge in [0, 0.05) is 12.5 Å². The topological polar surface area (TPSA) is 30.5 Å². The molecule has 1 heterocycles. The van der Waals surface area contributed by atoms with E-state index >= 15 is 0 Å². The van der Waals surface area contributed by atoms with Crippen LogP contribution in [0.2, 0.25) is 0 Å². The highest BCUT2D eigenvalue weighted by atomic mass is 35.5. The Bertz CT molecular complexity index is 417. The summed E-state index contributed by atoms with van der Waals surface area (Å²) in [6.45, 7) is 6.69. The van der Waals surface area contributed by atoms with Crippen molar-refractivity contribution < 1.29 is 9.47 Å². The van der Waals surface area contributed by atoms with E-state index in [1.807, 2.05) is 18.2 Å². The first-order chi connectivity index (χ1) is 9.33. The summed E-state index contributed by atoms with van der Waals surface area (Å²) in [7, 11) is 1.68. The lowest BCUT2D eigenvalue weighted by molar-refractivity contribution is 0.211. The van der Waals surface area contributed by atoms with Crippen LogP contribution in [0.15, 0.2) is 30.9 Å². The highest BCUT2D eigenvalue weighted by Crippen LogP contribution is 2.29. The highest BCUT2D eigenvalue weighted by Gasteiger charge is 2.14. The monoisotopic (exact) mass is 297 g/mol. The van der Waals surface area contributed by atoms with Gasteiger partial charge in [-0.25, -0.2) is 0 Å². The summed E-state index contributed by atoms with van der Waals surface area (Å²) in [5.41, 5.74) is 1.19. The van der Waals surface area contributed by atoms with Crippen LogP contribution in [0, 0.1) is 5.92 Å². The SMILES string of the molecule is C=CCc1ccc(OCC2CCCNC2)c(OC)c1.Cl. The first-order valence-electron chi connectivity index (χ1n) is 6.95. The predicted octanol–water partition coefficient (Wildman–Crippen LogP) is 3.22. The highest BCUT2D eigenvalue weighted by molar-refractivity contribution is 5.85. The van der Waals surface area contributed by atoms with E-state index in [-0.39, 0.29) is 12.4 Å². The van der Waals surface area contributed by atoms with E-state index in [0.717, 1.165) is 37.6 Å². The molecule has 1 aliphatic heterocycles. The summed E-state index contributed by atoms with van der Waals surface area (Å²) in [5, 5.41) is 3.40. The maximum atomic E-state index is 5.91. The molecule has 112 valence electrons. The lowest BCUT2D eigenvalue weighted by atomic mass is 10.0. The van der Waals surface area contributed by atoms with Crippen LogP contribution in [-0.2, 0) is 6.42 Å². The number of hydrogen-bond acceptors (Lipinski definition) is 3. The number of nitrogens with one attached hydrogen (secondary N) is 1. The van der Waals surface area contributed by atoms with Crippen molar-refractivity contribution in [2.45, 2.75) is 19.3 Å². The van der Waals surface area contributed by atoms with E-state index in [0.29, 0.717) is 5.92 Å². The molecule has 0 spiro atoms. The van der Waals surface area contributed by atoms with Gasteiger partial charge in [0.25, 0.3) is 0 Å². The molecular weight excluding hydrogens is 274 g/mol. The third kappa shape index (κ3) is 4.73. The molecule has 0 bridgehead atoms. The maximum absolute atomic E-state index is 5.91. The van der Waals surface area contributed by atoms with Crippen molar-refractivity contribution in [1.82, 2.24) is 5.32 Å². The lowest BCUT2D eigenvalue weighted by Crippen LogP contribution is -2.33. The Morgan fingerprint density at radius 1 is 1.40 bits per heavy atom. The zero-order valence-corrected chi connectivity index (χ0v) is 12.9. The number of benzene rings is 1. The Hall–Kier alpha value is -1.19. The molecule has 1 saturated heterocycles. The minimum atomic E-state index is 0. The molecule has 1 aromatic rings. The summed E-state index contributed by atoms with van der Waals surface area (Å²) in [5.74, 6) is 2.25. The van der Waals surface area contributed by atoms with Crippen LogP contribution in [0.5, 0.6) is 11.5 Å². The van der Waals surface area contributed by atoms with Crippen LogP contribution in [0.3, 0.4) is 0 Å². The Kier molecular flexibility index (Phi) is 7.48. The van der Waals surface area contributed by atoms with E-state index < -0.39 is 0 Å². The molecule has 0 aliphatic carbocycles. The average molecular weight is 298 g/mol. The van der Waals surface area contributed by atoms with Gasteiger partial charge in [-0.2, -0.15) is 0 Å². The van der Waals surface area contributed by atoms with Crippen LogP contribution < -0.4 is 14.8 Å². The predicted molar refractivity (Wildman–Crippen MR) is 85.2 cm³/mol. The molecule has 0 amide bonds. The zero-order valence-electron chi connectivity index (χ0n) is 12.1. The van der Waals surface area contributed by atoms with E-state index in [4.69, 9.17) is 9.47 Å². The van der Waals surface area contributed by atoms with Gasteiger partial charge in [0.2, 0.25) is 0 Å². The summed E-state index contributed by atoms with van der Waals surface area (Å²) < 4.78 is 11.3. The standard InChI is InChI=1S/C16H23NO2.ClH/c1-3-5-13-7-8-15(16(10-13)18-2)19-12-14-6-4-9-17-11-14;/h3,7-8,10,14,17H,1,4-6,9,11-12H2,2H3;1H. The van der Waals surface area contributed by atoms with Crippen LogP contribution in [0.1, 0.15) is 18.4 Å². The fourth-order valence-electron chi connectivity index (χ4n) is 2.40. The van der Waals surface area contributed by atoms with Crippen molar-refractivity contribution in [2.75, 3.05) is 26.8 Å². The first kappa shape index (κ1) is 16.9. The second-order valence-electron chi connectivity index (χ2n) is 5.00. The molecule has 20 heavy (non-hydrogen) atoms. The fraction of sp³-hybridized carbons (Fsp3) is 0.500. The summed E-state index contributed by atoms with van der Waals surface area (Å²) >= 11 is 0. The Balaban J connectivity index is 0.00000200. The molecule has 1 atom stereocenters. The minimum Gasteiger partial charge on any atom is -0.493 e. The number of allylic oxidation sites excluding steroid dienone is 1. The van der Waals surface area contributed by atoms with Gasteiger partial charge in [0.05, 0.1) is 13.7 Å². The molecule has 2 rings (SSSR count). The maximum Gasteiger partial charge on any atom is 0.161 e.